The summed E-state index contributed by atoms with van der Waals surface area (Å²) >= 11 is 0. The lowest BCUT2D eigenvalue weighted by atomic mass is 10.1. The zero-order valence-corrected chi connectivity index (χ0v) is 12.1. The third-order valence-electron chi connectivity index (χ3n) is 3.32. The number of hydrogen-bond acceptors (Lipinski definition) is 8. The number of aliphatic hydroxyl groups is 1. The van der Waals surface area contributed by atoms with E-state index < -0.39 is 5.60 Å². The second-order valence-electron chi connectivity index (χ2n) is 5.25. The van der Waals surface area contributed by atoms with E-state index in [1.165, 1.54) is 0 Å². The minimum absolute atomic E-state index is 0.314. The Morgan fingerprint density at radius 2 is 2.36 bits per heavy atom. The van der Waals surface area contributed by atoms with E-state index in [4.69, 9.17) is 4.74 Å². The van der Waals surface area contributed by atoms with Crippen LogP contribution >= 0.6 is 0 Å². The van der Waals surface area contributed by atoms with Gasteiger partial charge in [0.25, 0.3) is 0 Å². The van der Waals surface area contributed by atoms with Gasteiger partial charge in [-0.05, 0) is 0 Å². The maximum atomic E-state index is 10.4. The van der Waals surface area contributed by atoms with Gasteiger partial charge in [0.15, 0.2) is 0 Å². The zero-order valence-electron chi connectivity index (χ0n) is 12.1. The molecule has 0 spiro atoms. The number of rotatable bonds is 5. The Morgan fingerprint density at radius 1 is 1.41 bits per heavy atom. The van der Waals surface area contributed by atoms with E-state index in [0.717, 1.165) is 6.54 Å². The SMILES string of the molecule is O[C@]1(CNCc2nc(-c3cnccn3)n[nH]2)CNCCOC1. The number of aromatic nitrogens is 5. The van der Waals surface area contributed by atoms with Crippen molar-refractivity contribution in [3.05, 3.63) is 24.4 Å². The quantitative estimate of drug-likeness (QED) is 0.538. The molecule has 0 saturated carbocycles. The fourth-order valence-corrected chi connectivity index (χ4v) is 2.21. The molecule has 2 aromatic heterocycles. The predicted molar refractivity (Wildman–Crippen MR) is 77.8 cm³/mol. The van der Waals surface area contributed by atoms with Crippen LogP contribution in [0.5, 0.6) is 0 Å². The second-order valence-corrected chi connectivity index (χ2v) is 5.25. The van der Waals surface area contributed by atoms with Crippen molar-refractivity contribution < 1.29 is 9.84 Å². The van der Waals surface area contributed by atoms with E-state index in [2.05, 4.69) is 35.8 Å². The Bertz CT molecular complexity index is 581. The number of aromatic amines is 1. The van der Waals surface area contributed by atoms with E-state index in [-0.39, 0.29) is 0 Å². The summed E-state index contributed by atoms with van der Waals surface area (Å²) < 4.78 is 5.37. The molecule has 3 heterocycles. The van der Waals surface area contributed by atoms with E-state index in [1.807, 2.05) is 0 Å². The summed E-state index contributed by atoms with van der Waals surface area (Å²) in [7, 11) is 0. The van der Waals surface area contributed by atoms with Gasteiger partial charge in [0.05, 0.1) is 26.0 Å². The molecule has 1 aliphatic heterocycles. The third kappa shape index (κ3) is 3.83. The van der Waals surface area contributed by atoms with Crippen LogP contribution in [-0.4, -0.2) is 68.7 Å². The number of nitrogens with one attached hydrogen (secondary N) is 3. The predicted octanol–water partition coefficient (Wildman–Crippen LogP) is -1.30. The van der Waals surface area contributed by atoms with Crippen molar-refractivity contribution in [2.75, 3.05) is 32.8 Å². The van der Waals surface area contributed by atoms with Crippen molar-refractivity contribution in [3.63, 3.8) is 0 Å². The van der Waals surface area contributed by atoms with Gasteiger partial charge in [-0.25, -0.2) is 9.97 Å². The van der Waals surface area contributed by atoms with E-state index in [9.17, 15) is 5.11 Å². The smallest absolute Gasteiger partial charge is 0.201 e. The summed E-state index contributed by atoms with van der Waals surface area (Å²) in [6.45, 7) is 3.06. The molecule has 9 nitrogen and oxygen atoms in total. The highest BCUT2D eigenvalue weighted by atomic mass is 16.5. The Hall–Kier alpha value is -1.94. The van der Waals surface area contributed by atoms with Gasteiger partial charge in [-0.2, -0.15) is 5.10 Å². The van der Waals surface area contributed by atoms with Gasteiger partial charge < -0.3 is 20.5 Å². The van der Waals surface area contributed by atoms with Gasteiger partial charge in [-0.1, -0.05) is 0 Å². The fourth-order valence-electron chi connectivity index (χ4n) is 2.21. The Balaban J connectivity index is 1.53. The lowest BCUT2D eigenvalue weighted by Crippen LogP contribution is -2.50. The molecule has 1 fully saturated rings. The molecule has 118 valence electrons. The average Bonchev–Trinajstić information content (AvgIpc) is 2.90. The van der Waals surface area contributed by atoms with Crippen LogP contribution < -0.4 is 10.6 Å². The summed E-state index contributed by atoms with van der Waals surface area (Å²) in [5.41, 5.74) is -0.297. The van der Waals surface area contributed by atoms with Crippen LogP contribution in [0, 0.1) is 0 Å². The maximum Gasteiger partial charge on any atom is 0.201 e. The lowest BCUT2D eigenvalue weighted by Gasteiger charge is -2.25. The van der Waals surface area contributed by atoms with Crippen molar-refractivity contribution in [2.24, 2.45) is 0 Å². The molecular formula is C13H19N7O2. The number of H-pyrrole nitrogens is 1. The second kappa shape index (κ2) is 6.88. The van der Waals surface area contributed by atoms with Crippen molar-refractivity contribution in [1.82, 2.24) is 35.8 Å². The molecule has 0 unspecified atom stereocenters. The largest absolute Gasteiger partial charge is 0.385 e. The van der Waals surface area contributed by atoms with Crippen LogP contribution in [0.1, 0.15) is 5.82 Å². The molecule has 0 bridgehead atoms. The van der Waals surface area contributed by atoms with Gasteiger partial charge in [0.1, 0.15) is 17.1 Å². The first-order valence-electron chi connectivity index (χ1n) is 7.14. The molecule has 0 radical (unpaired) electrons. The first kappa shape index (κ1) is 15.0. The molecule has 4 N–H and O–H groups in total. The molecule has 1 saturated heterocycles. The monoisotopic (exact) mass is 305 g/mol. The van der Waals surface area contributed by atoms with Gasteiger partial charge in [0, 0.05) is 32.0 Å². The van der Waals surface area contributed by atoms with Crippen LogP contribution in [0.25, 0.3) is 11.5 Å². The number of hydrogen-bond donors (Lipinski definition) is 4. The summed E-state index contributed by atoms with van der Waals surface area (Å²) in [5.74, 6) is 1.18. The van der Waals surface area contributed by atoms with Crippen molar-refractivity contribution in [3.8, 4) is 11.5 Å². The van der Waals surface area contributed by atoms with Crippen LogP contribution in [0.15, 0.2) is 18.6 Å². The van der Waals surface area contributed by atoms with E-state index in [1.54, 1.807) is 18.6 Å². The Kier molecular flexibility index (Phi) is 4.68. The Labute approximate surface area is 127 Å². The van der Waals surface area contributed by atoms with Gasteiger partial charge in [-0.15, -0.1) is 0 Å². The van der Waals surface area contributed by atoms with Crippen molar-refractivity contribution >= 4 is 0 Å². The first-order chi connectivity index (χ1) is 10.8. The topological polar surface area (TPSA) is 121 Å². The molecule has 0 aromatic carbocycles. The van der Waals surface area contributed by atoms with Crippen LogP contribution in [-0.2, 0) is 11.3 Å². The minimum Gasteiger partial charge on any atom is -0.385 e. The van der Waals surface area contributed by atoms with Crippen molar-refractivity contribution in [1.29, 1.82) is 0 Å². The molecular weight excluding hydrogens is 286 g/mol. The lowest BCUT2D eigenvalue weighted by molar-refractivity contribution is -0.0265. The van der Waals surface area contributed by atoms with Crippen molar-refractivity contribution in [2.45, 2.75) is 12.1 Å². The number of nitrogens with zero attached hydrogens (tertiary/aromatic N) is 4. The molecule has 1 atom stereocenters. The van der Waals surface area contributed by atoms with Gasteiger partial charge in [0.2, 0.25) is 5.82 Å². The average molecular weight is 305 g/mol. The van der Waals surface area contributed by atoms with Crippen LogP contribution in [0.2, 0.25) is 0 Å². The highest BCUT2D eigenvalue weighted by Gasteiger charge is 2.28. The van der Waals surface area contributed by atoms with Gasteiger partial charge >= 0.3 is 0 Å². The Morgan fingerprint density at radius 3 is 3.23 bits per heavy atom. The molecule has 9 heteroatoms. The van der Waals surface area contributed by atoms with Crippen LogP contribution in [0.4, 0.5) is 0 Å². The summed E-state index contributed by atoms with van der Waals surface area (Å²) in [6, 6.07) is 0. The molecule has 1 aliphatic rings. The zero-order chi connectivity index (χ0) is 15.3. The molecule has 0 aliphatic carbocycles. The number of β-amino-alcohol motifs (C(OH)–C–C–N with tert-alkyl or cyclic N) is 1. The van der Waals surface area contributed by atoms with E-state index >= 15 is 0 Å². The highest BCUT2D eigenvalue weighted by Crippen LogP contribution is 2.09. The molecule has 0 amide bonds. The van der Waals surface area contributed by atoms with Gasteiger partial charge in [-0.3, -0.25) is 10.1 Å². The van der Waals surface area contributed by atoms with E-state index in [0.29, 0.717) is 50.2 Å². The normalized spacial score (nSPS) is 22.4. The first-order valence-corrected chi connectivity index (χ1v) is 7.14. The standard InChI is InChI=1S/C13H19N7O2/c21-13(7-15-3-4-22-9-13)8-16-6-11-18-12(20-19-11)10-5-14-1-2-17-10/h1-2,5,15-16,21H,3-4,6-9H2,(H,18,19,20)/t13-/m0/s1. The van der Waals surface area contributed by atoms with Crippen LogP contribution in [0.3, 0.4) is 0 Å². The number of ether oxygens (including phenoxy) is 1. The fraction of sp³-hybridized carbons (Fsp3) is 0.538. The summed E-state index contributed by atoms with van der Waals surface area (Å²) in [5, 5.41) is 23.7. The summed E-state index contributed by atoms with van der Waals surface area (Å²) in [6.07, 6.45) is 4.80. The highest BCUT2D eigenvalue weighted by molar-refractivity contribution is 5.45. The maximum absolute atomic E-state index is 10.4. The molecule has 22 heavy (non-hydrogen) atoms. The third-order valence-corrected chi connectivity index (χ3v) is 3.32. The molecule has 2 aromatic rings. The minimum atomic E-state index is -0.912. The molecule has 3 rings (SSSR count). The summed E-state index contributed by atoms with van der Waals surface area (Å²) in [4.78, 5) is 12.5.